The summed E-state index contributed by atoms with van der Waals surface area (Å²) < 4.78 is 10.6. The number of aromatic nitrogens is 2. The fourth-order valence-corrected chi connectivity index (χ4v) is 2.08. The second-order valence-corrected chi connectivity index (χ2v) is 5.65. The Labute approximate surface area is 137 Å². The van der Waals surface area contributed by atoms with Gasteiger partial charge in [-0.2, -0.15) is 0 Å². The number of anilines is 3. The number of benzene rings is 1. The van der Waals surface area contributed by atoms with E-state index in [2.05, 4.69) is 34.4 Å². The molecule has 2 rings (SSSR count). The Kier molecular flexibility index (Phi) is 5.62. The number of aryl methyl sites for hydroxylation is 1. The topological polar surface area (TPSA) is 68.3 Å². The maximum absolute atomic E-state index is 5.38. The lowest BCUT2D eigenvalue weighted by Crippen LogP contribution is -2.10. The van der Waals surface area contributed by atoms with E-state index in [9.17, 15) is 0 Å². The van der Waals surface area contributed by atoms with Gasteiger partial charge in [0, 0.05) is 18.7 Å². The van der Waals surface area contributed by atoms with E-state index in [0.717, 1.165) is 29.5 Å². The quantitative estimate of drug-likeness (QED) is 0.813. The fourth-order valence-electron chi connectivity index (χ4n) is 2.08. The minimum absolute atomic E-state index is 0.542. The van der Waals surface area contributed by atoms with Gasteiger partial charge in [0.05, 0.1) is 19.9 Å². The molecule has 0 aliphatic carbocycles. The molecule has 2 N–H and O–H groups in total. The maximum atomic E-state index is 5.38. The van der Waals surface area contributed by atoms with Crippen molar-refractivity contribution in [2.75, 3.05) is 31.4 Å². The predicted octanol–water partition coefficient (Wildman–Crippen LogP) is 3.61. The third kappa shape index (κ3) is 4.74. The van der Waals surface area contributed by atoms with E-state index in [1.54, 1.807) is 14.2 Å². The Morgan fingerprint density at radius 2 is 1.78 bits per heavy atom. The van der Waals surface area contributed by atoms with Crippen molar-refractivity contribution >= 4 is 17.3 Å². The summed E-state index contributed by atoms with van der Waals surface area (Å²) in [5.74, 6) is 4.21. The first-order valence-electron chi connectivity index (χ1n) is 7.60. The zero-order valence-electron chi connectivity index (χ0n) is 14.3. The minimum Gasteiger partial charge on any atom is -0.497 e. The number of rotatable bonds is 7. The van der Waals surface area contributed by atoms with E-state index in [4.69, 9.17) is 9.47 Å². The first-order valence-corrected chi connectivity index (χ1v) is 7.60. The first-order chi connectivity index (χ1) is 11.0. The highest BCUT2D eigenvalue weighted by molar-refractivity contribution is 5.67. The molecule has 1 aromatic heterocycles. The summed E-state index contributed by atoms with van der Waals surface area (Å²) in [6.45, 7) is 7.04. The van der Waals surface area contributed by atoms with Crippen molar-refractivity contribution in [1.82, 2.24) is 9.97 Å². The van der Waals surface area contributed by atoms with Crippen LogP contribution in [0.2, 0.25) is 0 Å². The van der Waals surface area contributed by atoms with Crippen molar-refractivity contribution in [3.8, 4) is 11.5 Å². The van der Waals surface area contributed by atoms with Gasteiger partial charge < -0.3 is 20.1 Å². The van der Waals surface area contributed by atoms with E-state index in [0.29, 0.717) is 17.6 Å². The average Bonchev–Trinajstić information content (AvgIpc) is 2.52. The minimum atomic E-state index is 0.542. The molecule has 0 radical (unpaired) electrons. The molecule has 6 nitrogen and oxygen atoms in total. The monoisotopic (exact) mass is 316 g/mol. The predicted molar refractivity (Wildman–Crippen MR) is 92.9 cm³/mol. The molecule has 124 valence electrons. The number of hydrogen-bond acceptors (Lipinski definition) is 6. The normalized spacial score (nSPS) is 10.5. The van der Waals surface area contributed by atoms with Crippen LogP contribution < -0.4 is 20.1 Å². The third-order valence-corrected chi connectivity index (χ3v) is 3.20. The summed E-state index contributed by atoms with van der Waals surface area (Å²) in [5.41, 5.74) is 0.791. The number of ether oxygens (including phenoxy) is 2. The highest BCUT2D eigenvalue weighted by atomic mass is 16.5. The van der Waals surface area contributed by atoms with E-state index in [-0.39, 0.29) is 0 Å². The molecular formula is C17H24N4O2. The van der Waals surface area contributed by atoms with Crippen molar-refractivity contribution < 1.29 is 9.47 Å². The van der Waals surface area contributed by atoms with E-state index < -0.39 is 0 Å². The lowest BCUT2D eigenvalue weighted by molar-refractivity contribution is 0.405. The number of nitrogens with one attached hydrogen (secondary N) is 2. The molecule has 0 spiro atoms. The van der Waals surface area contributed by atoms with Crippen LogP contribution in [0.4, 0.5) is 17.3 Å². The largest absolute Gasteiger partial charge is 0.497 e. The molecular weight excluding hydrogens is 292 g/mol. The lowest BCUT2D eigenvalue weighted by atomic mass is 10.2. The summed E-state index contributed by atoms with van der Waals surface area (Å²) >= 11 is 0. The Morgan fingerprint density at radius 1 is 1.04 bits per heavy atom. The first kappa shape index (κ1) is 16.9. The maximum Gasteiger partial charge on any atom is 0.142 e. The summed E-state index contributed by atoms with van der Waals surface area (Å²) in [4.78, 5) is 8.83. The van der Waals surface area contributed by atoms with Crippen LogP contribution in [0.5, 0.6) is 11.5 Å². The van der Waals surface area contributed by atoms with Crippen molar-refractivity contribution in [1.29, 1.82) is 0 Å². The molecule has 2 aromatic rings. The zero-order valence-corrected chi connectivity index (χ0v) is 14.3. The molecule has 0 saturated heterocycles. The SMILES string of the molecule is COc1ccc(OC)c(Nc2cc(NCC(C)C)nc(C)n2)c1. The van der Waals surface area contributed by atoms with Crippen LogP contribution in [0.1, 0.15) is 19.7 Å². The van der Waals surface area contributed by atoms with Gasteiger partial charge in [-0.3, -0.25) is 0 Å². The van der Waals surface area contributed by atoms with Gasteiger partial charge in [0.25, 0.3) is 0 Å². The van der Waals surface area contributed by atoms with Gasteiger partial charge in [-0.25, -0.2) is 9.97 Å². The van der Waals surface area contributed by atoms with Crippen molar-refractivity contribution in [3.63, 3.8) is 0 Å². The highest BCUT2D eigenvalue weighted by Crippen LogP contribution is 2.31. The fraction of sp³-hybridized carbons (Fsp3) is 0.412. The molecule has 23 heavy (non-hydrogen) atoms. The standard InChI is InChI=1S/C17H24N4O2/c1-11(2)10-18-16-9-17(20-12(3)19-16)21-14-8-13(22-4)6-7-15(14)23-5/h6-9,11H,10H2,1-5H3,(H2,18,19,20,21). The third-order valence-electron chi connectivity index (χ3n) is 3.20. The molecule has 0 saturated carbocycles. The van der Waals surface area contributed by atoms with E-state index in [1.165, 1.54) is 0 Å². The van der Waals surface area contributed by atoms with Crippen LogP contribution in [-0.2, 0) is 0 Å². The smallest absolute Gasteiger partial charge is 0.142 e. The van der Waals surface area contributed by atoms with Gasteiger partial charge in [-0.05, 0) is 25.0 Å². The van der Waals surface area contributed by atoms with Crippen molar-refractivity contribution in [2.45, 2.75) is 20.8 Å². The second kappa shape index (κ2) is 7.67. The molecule has 0 amide bonds. The summed E-state index contributed by atoms with van der Waals surface area (Å²) in [6.07, 6.45) is 0. The van der Waals surface area contributed by atoms with Gasteiger partial charge in [-0.1, -0.05) is 13.8 Å². The number of hydrogen-bond donors (Lipinski definition) is 2. The molecule has 1 aromatic carbocycles. The van der Waals surface area contributed by atoms with Crippen LogP contribution in [0.15, 0.2) is 24.3 Å². The van der Waals surface area contributed by atoms with Crippen LogP contribution in [-0.4, -0.2) is 30.7 Å². The average molecular weight is 316 g/mol. The van der Waals surface area contributed by atoms with Crippen LogP contribution in [0, 0.1) is 12.8 Å². The molecule has 0 aliphatic heterocycles. The second-order valence-electron chi connectivity index (χ2n) is 5.65. The number of nitrogens with zero attached hydrogens (tertiary/aromatic N) is 2. The summed E-state index contributed by atoms with van der Waals surface area (Å²) in [5, 5.41) is 6.59. The Hall–Kier alpha value is -2.50. The Morgan fingerprint density at radius 3 is 2.43 bits per heavy atom. The van der Waals surface area contributed by atoms with Crippen LogP contribution >= 0.6 is 0 Å². The molecule has 6 heteroatoms. The number of methoxy groups -OCH3 is 2. The molecule has 0 aliphatic rings. The Bertz CT molecular complexity index is 659. The molecule has 0 unspecified atom stereocenters. The molecule has 0 fully saturated rings. The zero-order chi connectivity index (χ0) is 16.8. The van der Waals surface area contributed by atoms with Crippen LogP contribution in [0.25, 0.3) is 0 Å². The van der Waals surface area contributed by atoms with Crippen molar-refractivity contribution in [3.05, 3.63) is 30.1 Å². The molecule has 0 bridgehead atoms. The highest BCUT2D eigenvalue weighted by Gasteiger charge is 2.08. The van der Waals surface area contributed by atoms with Gasteiger partial charge in [0.2, 0.25) is 0 Å². The van der Waals surface area contributed by atoms with Gasteiger partial charge in [0.15, 0.2) is 0 Å². The van der Waals surface area contributed by atoms with Crippen molar-refractivity contribution in [2.24, 2.45) is 5.92 Å². The van der Waals surface area contributed by atoms with Gasteiger partial charge in [-0.15, -0.1) is 0 Å². The van der Waals surface area contributed by atoms with E-state index in [1.807, 2.05) is 31.2 Å². The summed E-state index contributed by atoms with van der Waals surface area (Å²) in [7, 11) is 3.27. The van der Waals surface area contributed by atoms with Crippen LogP contribution in [0.3, 0.4) is 0 Å². The lowest BCUT2D eigenvalue weighted by Gasteiger charge is -2.14. The summed E-state index contributed by atoms with van der Waals surface area (Å²) in [6, 6.07) is 7.46. The van der Waals surface area contributed by atoms with Gasteiger partial charge in [0.1, 0.15) is 29.0 Å². The van der Waals surface area contributed by atoms with Gasteiger partial charge >= 0.3 is 0 Å². The van der Waals surface area contributed by atoms with E-state index >= 15 is 0 Å². The molecule has 0 atom stereocenters. The Balaban J connectivity index is 2.25. The molecule has 1 heterocycles.